The molecule has 3 rings (SSSR count). The summed E-state index contributed by atoms with van der Waals surface area (Å²) in [6.07, 6.45) is 0. The molecule has 0 atom stereocenters. The fourth-order valence-corrected chi connectivity index (χ4v) is 4.00. The Labute approximate surface area is 145 Å². The van der Waals surface area contributed by atoms with Gasteiger partial charge < -0.3 is 4.57 Å². The van der Waals surface area contributed by atoms with E-state index in [4.69, 9.17) is 0 Å². The fraction of sp³-hybridized carbons (Fsp3) is 0.389. The van der Waals surface area contributed by atoms with Crippen molar-refractivity contribution in [1.82, 2.24) is 14.3 Å². The quantitative estimate of drug-likeness (QED) is 0.713. The van der Waals surface area contributed by atoms with Gasteiger partial charge in [-0.15, -0.1) is 0 Å². The summed E-state index contributed by atoms with van der Waals surface area (Å²) in [5.41, 5.74) is 4.88. The Kier molecular flexibility index (Phi) is 4.17. The number of hydrogen-bond donors (Lipinski definition) is 0. The molecule has 0 aliphatic rings. The van der Waals surface area contributed by atoms with Gasteiger partial charge in [0.25, 0.3) is 5.91 Å². The van der Waals surface area contributed by atoms with Crippen molar-refractivity contribution in [2.75, 3.05) is 0 Å². The number of aromatic nitrogens is 3. The Balaban J connectivity index is 2.10. The zero-order chi connectivity index (χ0) is 17.6. The number of carbonyl (C=O) groups is 1. The minimum absolute atomic E-state index is 0.220. The number of rotatable bonds is 2. The standard InChI is InChI=1S/C18H22N4OS/c1-10(2)22-13(5)9-14(20-22)17(23)19-18-21(6)15-8-11(3)7-12(4)16(15)24-18/h7-10H,1-6H3. The first-order valence-corrected chi connectivity index (χ1v) is 8.81. The minimum atomic E-state index is -0.297. The summed E-state index contributed by atoms with van der Waals surface area (Å²) in [6.45, 7) is 10.2. The predicted molar refractivity (Wildman–Crippen MR) is 97.5 cm³/mol. The highest BCUT2D eigenvalue weighted by atomic mass is 32.1. The molecule has 0 bridgehead atoms. The maximum atomic E-state index is 12.5. The van der Waals surface area contributed by atoms with Gasteiger partial charge in [0.15, 0.2) is 10.5 Å². The van der Waals surface area contributed by atoms with E-state index in [1.807, 2.05) is 37.1 Å². The van der Waals surface area contributed by atoms with E-state index in [-0.39, 0.29) is 11.9 Å². The van der Waals surface area contributed by atoms with Crippen LogP contribution in [0.15, 0.2) is 23.2 Å². The second kappa shape index (κ2) is 6.02. The summed E-state index contributed by atoms with van der Waals surface area (Å²) in [6, 6.07) is 6.30. The molecule has 1 amide bonds. The van der Waals surface area contributed by atoms with Crippen molar-refractivity contribution >= 4 is 27.5 Å². The molecule has 0 saturated carbocycles. The summed E-state index contributed by atoms with van der Waals surface area (Å²) in [5.74, 6) is -0.297. The van der Waals surface area contributed by atoms with Crippen molar-refractivity contribution < 1.29 is 4.79 Å². The minimum Gasteiger partial charge on any atom is -0.319 e. The van der Waals surface area contributed by atoms with E-state index in [0.717, 1.165) is 11.2 Å². The van der Waals surface area contributed by atoms with Crippen molar-refractivity contribution in [3.8, 4) is 0 Å². The maximum Gasteiger partial charge on any atom is 0.300 e. The topological polar surface area (TPSA) is 52.2 Å². The van der Waals surface area contributed by atoms with Gasteiger partial charge in [-0.05, 0) is 57.9 Å². The van der Waals surface area contributed by atoms with Gasteiger partial charge in [-0.25, -0.2) is 0 Å². The summed E-state index contributed by atoms with van der Waals surface area (Å²) < 4.78 is 4.99. The normalized spacial score (nSPS) is 12.5. The monoisotopic (exact) mass is 342 g/mol. The molecule has 0 spiro atoms. The largest absolute Gasteiger partial charge is 0.319 e. The Hall–Kier alpha value is -2.21. The Morgan fingerprint density at radius 2 is 1.92 bits per heavy atom. The number of carbonyl (C=O) groups excluding carboxylic acids is 1. The Morgan fingerprint density at radius 1 is 1.21 bits per heavy atom. The molecule has 24 heavy (non-hydrogen) atoms. The van der Waals surface area contributed by atoms with Gasteiger partial charge in [-0.2, -0.15) is 10.1 Å². The van der Waals surface area contributed by atoms with Gasteiger partial charge in [-0.3, -0.25) is 9.48 Å². The number of fused-ring (bicyclic) bond motifs is 1. The molecule has 2 heterocycles. The fourth-order valence-electron chi connectivity index (χ4n) is 2.93. The maximum absolute atomic E-state index is 12.5. The lowest BCUT2D eigenvalue weighted by Crippen LogP contribution is -2.14. The molecule has 0 aliphatic carbocycles. The second-order valence-corrected chi connectivity index (χ2v) is 7.48. The highest BCUT2D eigenvalue weighted by Gasteiger charge is 2.14. The van der Waals surface area contributed by atoms with Crippen LogP contribution < -0.4 is 4.80 Å². The third-order valence-corrected chi connectivity index (χ3v) is 5.35. The van der Waals surface area contributed by atoms with E-state index in [9.17, 15) is 4.79 Å². The molecule has 0 fully saturated rings. The average molecular weight is 342 g/mol. The lowest BCUT2D eigenvalue weighted by atomic mass is 10.1. The highest BCUT2D eigenvalue weighted by Crippen LogP contribution is 2.22. The highest BCUT2D eigenvalue weighted by molar-refractivity contribution is 7.16. The molecule has 0 saturated heterocycles. The second-order valence-electron chi connectivity index (χ2n) is 6.50. The molecule has 0 N–H and O–H groups in total. The zero-order valence-corrected chi connectivity index (χ0v) is 15.7. The smallest absolute Gasteiger partial charge is 0.300 e. The first kappa shape index (κ1) is 16.6. The Morgan fingerprint density at radius 3 is 2.54 bits per heavy atom. The molecule has 0 aliphatic heterocycles. The summed E-state index contributed by atoms with van der Waals surface area (Å²) in [4.78, 5) is 17.5. The molecule has 2 aromatic heterocycles. The van der Waals surface area contributed by atoms with Gasteiger partial charge in [0.1, 0.15) is 0 Å². The Bertz CT molecular complexity index is 1000. The number of hydrogen-bond acceptors (Lipinski definition) is 3. The van der Waals surface area contributed by atoms with Crippen LogP contribution in [0.25, 0.3) is 10.2 Å². The lowest BCUT2D eigenvalue weighted by molar-refractivity contribution is 0.0992. The van der Waals surface area contributed by atoms with E-state index in [2.05, 4.69) is 36.1 Å². The van der Waals surface area contributed by atoms with Crippen LogP contribution in [0.3, 0.4) is 0 Å². The predicted octanol–water partition coefficient (Wildman–Crippen LogP) is 3.68. The van der Waals surface area contributed by atoms with Crippen molar-refractivity contribution in [3.63, 3.8) is 0 Å². The average Bonchev–Trinajstić information content (AvgIpc) is 3.02. The van der Waals surface area contributed by atoms with E-state index in [0.29, 0.717) is 10.5 Å². The van der Waals surface area contributed by atoms with Gasteiger partial charge >= 0.3 is 0 Å². The zero-order valence-electron chi connectivity index (χ0n) is 14.9. The molecular weight excluding hydrogens is 320 g/mol. The van der Waals surface area contributed by atoms with Crippen molar-refractivity contribution in [3.05, 3.63) is 45.5 Å². The molecule has 5 nitrogen and oxygen atoms in total. The number of thiazole rings is 1. The van der Waals surface area contributed by atoms with Gasteiger partial charge in [0.05, 0.1) is 10.2 Å². The van der Waals surface area contributed by atoms with Crippen LogP contribution in [-0.2, 0) is 7.05 Å². The van der Waals surface area contributed by atoms with Crippen LogP contribution in [0.4, 0.5) is 0 Å². The number of amides is 1. The van der Waals surface area contributed by atoms with Gasteiger partial charge in [-0.1, -0.05) is 17.4 Å². The molecule has 126 valence electrons. The van der Waals surface area contributed by atoms with Crippen molar-refractivity contribution in [2.24, 2.45) is 12.0 Å². The van der Waals surface area contributed by atoms with E-state index < -0.39 is 0 Å². The summed E-state index contributed by atoms with van der Waals surface area (Å²) in [7, 11) is 1.95. The van der Waals surface area contributed by atoms with Crippen LogP contribution in [0.1, 0.15) is 47.2 Å². The number of nitrogens with zero attached hydrogens (tertiary/aromatic N) is 4. The third kappa shape index (κ3) is 2.82. The van der Waals surface area contributed by atoms with Crippen molar-refractivity contribution in [1.29, 1.82) is 0 Å². The SMILES string of the molecule is Cc1cc(C)c2sc(=NC(=O)c3cc(C)n(C(C)C)n3)n(C)c2c1. The van der Waals surface area contributed by atoms with Crippen molar-refractivity contribution in [2.45, 2.75) is 40.7 Å². The number of benzene rings is 1. The van der Waals surface area contributed by atoms with Crippen LogP contribution in [0.5, 0.6) is 0 Å². The molecule has 0 unspecified atom stereocenters. The number of aryl methyl sites for hydroxylation is 4. The van der Waals surface area contributed by atoms with Crippen LogP contribution >= 0.6 is 11.3 Å². The van der Waals surface area contributed by atoms with Crippen LogP contribution in [-0.4, -0.2) is 20.3 Å². The van der Waals surface area contributed by atoms with E-state index in [1.54, 1.807) is 17.4 Å². The lowest BCUT2D eigenvalue weighted by Gasteiger charge is -2.06. The van der Waals surface area contributed by atoms with E-state index in [1.165, 1.54) is 15.8 Å². The van der Waals surface area contributed by atoms with Crippen LogP contribution in [0.2, 0.25) is 0 Å². The molecule has 1 aromatic carbocycles. The summed E-state index contributed by atoms with van der Waals surface area (Å²) >= 11 is 1.54. The first-order chi connectivity index (χ1) is 11.3. The molecule has 0 radical (unpaired) electrons. The van der Waals surface area contributed by atoms with Gasteiger partial charge in [0.2, 0.25) is 0 Å². The van der Waals surface area contributed by atoms with Gasteiger partial charge in [0, 0.05) is 18.8 Å². The van der Waals surface area contributed by atoms with E-state index >= 15 is 0 Å². The third-order valence-electron chi connectivity index (χ3n) is 4.07. The molecule has 3 aromatic rings. The molecule has 6 heteroatoms. The van der Waals surface area contributed by atoms with Crippen LogP contribution in [0, 0.1) is 20.8 Å². The molecular formula is C18H22N4OS. The summed E-state index contributed by atoms with van der Waals surface area (Å²) in [5, 5.41) is 4.39. The first-order valence-electron chi connectivity index (χ1n) is 8.00.